The first-order valence-electron chi connectivity index (χ1n) is 9.63. The second kappa shape index (κ2) is 9.68. The van der Waals surface area contributed by atoms with Crippen molar-refractivity contribution in [2.75, 3.05) is 19.5 Å². The van der Waals surface area contributed by atoms with Gasteiger partial charge >= 0.3 is 12.1 Å². The molecule has 0 saturated heterocycles. The molecule has 1 amide bonds. The number of carbonyl (C=O) groups excluding carboxylic acids is 2. The zero-order valence-corrected chi connectivity index (χ0v) is 17.9. The number of alkyl halides is 3. The summed E-state index contributed by atoms with van der Waals surface area (Å²) >= 11 is 0. The molecule has 1 N–H and O–H groups in total. The molecule has 0 radical (unpaired) electrons. The Hall–Kier alpha value is -3.95. The maximum absolute atomic E-state index is 12.9. The number of methoxy groups -OCH3 is 2. The van der Waals surface area contributed by atoms with Crippen LogP contribution in [-0.2, 0) is 15.7 Å². The zero-order valence-electron chi connectivity index (χ0n) is 17.9. The second-order valence-electron chi connectivity index (χ2n) is 6.85. The number of ether oxygens (including phenoxy) is 3. The van der Waals surface area contributed by atoms with Gasteiger partial charge in [-0.1, -0.05) is 12.1 Å². The number of amides is 1. The van der Waals surface area contributed by atoms with Crippen molar-refractivity contribution in [3.05, 3.63) is 65.9 Å². The van der Waals surface area contributed by atoms with E-state index in [-0.39, 0.29) is 17.1 Å². The van der Waals surface area contributed by atoms with Gasteiger partial charge in [0, 0.05) is 11.6 Å². The first kappa shape index (κ1) is 23.7. The maximum atomic E-state index is 12.9. The van der Waals surface area contributed by atoms with Crippen LogP contribution in [0.25, 0.3) is 11.3 Å². The highest BCUT2D eigenvalue weighted by atomic mass is 19.4. The molecule has 174 valence electrons. The number of halogens is 3. The average molecular weight is 463 g/mol. The van der Waals surface area contributed by atoms with Crippen molar-refractivity contribution in [3.8, 4) is 22.8 Å². The number of nitrogens with one attached hydrogen (secondary N) is 1. The molecule has 0 bridgehead atoms. The molecule has 3 aromatic rings. The third-order valence-corrected chi connectivity index (χ3v) is 4.60. The third-order valence-electron chi connectivity index (χ3n) is 4.60. The molecule has 0 aliphatic heterocycles. The molecule has 1 aromatic heterocycles. The van der Waals surface area contributed by atoms with E-state index >= 15 is 0 Å². The lowest BCUT2D eigenvalue weighted by molar-refractivity contribution is -0.137. The molecule has 3 rings (SSSR count). The van der Waals surface area contributed by atoms with E-state index in [1.807, 2.05) is 0 Å². The van der Waals surface area contributed by atoms with Crippen molar-refractivity contribution in [3.63, 3.8) is 0 Å². The van der Waals surface area contributed by atoms with Crippen LogP contribution < -0.4 is 14.8 Å². The highest BCUT2D eigenvalue weighted by Crippen LogP contribution is 2.33. The van der Waals surface area contributed by atoms with Crippen LogP contribution in [-0.4, -0.2) is 32.2 Å². The van der Waals surface area contributed by atoms with E-state index in [9.17, 15) is 22.8 Å². The topological polar surface area (TPSA) is 87.0 Å². The zero-order chi connectivity index (χ0) is 24.2. The fraction of sp³-hybridized carbons (Fsp3) is 0.217. The van der Waals surface area contributed by atoms with Gasteiger partial charge in [0.25, 0.3) is 5.91 Å². The van der Waals surface area contributed by atoms with Crippen LogP contribution in [0.5, 0.6) is 11.5 Å². The van der Waals surface area contributed by atoms with Crippen molar-refractivity contribution in [1.82, 2.24) is 0 Å². The summed E-state index contributed by atoms with van der Waals surface area (Å²) in [6.07, 6.45) is -5.73. The average Bonchev–Trinajstić information content (AvgIpc) is 3.29. The monoisotopic (exact) mass is 463 g/mol. The van der Waals surface area contributed by atoms with Crippen molar-refractivity contribution >= 4 is 17.6 Å². The number of rotatable bonds is 7. The summed E-state index contributed by atoms with van der Waals surface area (Å²) in [4.78, 5) is 24.9. The van der Waals surface area contributed by atoms with E-state index < -0.39 is 29.7 Å². The number of esters is 1. The first-order chi connectivity index (χ1) is 15.6. The Morgan fingerprint density at radius 3 is 2.42 bits per heavy atom. The standard InChI is InChI=1S/C23H20F3NO6/c1-13(21(28)27-17-12-16(30-2)7-8-19(17)31-3)32-22(29)20-10-9-18(33-20)14-5-4-6-15(11-14)23(24,25)26/h4-13H,1-3H3,(H,27,28). The Balaban J connectivity index is 1.69. The first-order valence-corrected chi connectivity index (χ1v) is 9.63. The SMILES string of the molecule is COc1ccc(OC)c(NC(=O)C(C)OC(=O)c2ccc(-c3cccc(C(F)(F)F)c3)o2)c1. The second-order valence-corrected chi connectivity index (χ2v) is 6.85. The number of hydrogen-bond donors (Lipinski definition) is 1. The van der Waals surface area contributed by atoms with Crippen LogP contribution in [0.3, 0.4) is 0 Å². The van der Waals surface area contributed by atoms with Gasteiger partial charge in [0.05, 0.1) is 25.5 Å². The van der Waals surface area contributed by atoms with Crippen LogP contribution in [0.4, 0.5) is 18.9 Å². The number of hydrogen-bond acceptors (Lipinski definition) is 6. The van der Waals surface area contributed by atoms with Gasteiger partial charge in [0.1, 0.15) is 17.3 Å². The minimum absolute atomic E-state index is 0.0475. The van der Waals surface area contributed by atoms with E-state index in [2.05, 4.69) is 5.32 Å². The van der Waals surface area contributed by atoms with Gasteiger partial charge < -0.3 is 23.9 Å². The molecule has 7 nitrogen and oxygen atoms in total. The van der Waals surface area contributed by atoms with Gasteiger partial charge in [-0.15, -0.1) is 0 Å². The minimum Gasteiger partial charge on any atom is -0.497 e. The van der Waals surface area contributed by atoms with E-state index in [1.165, 1.54) is 45.4 Å². The van der Waals surface area contributed by atoms with E-state index in [4.69, 9.17) is 18.6 Å². The predicted molar refractivity (Wildman–Crippen MR) is 112 cm³/mol. The van der Waals surface area contributed by atoms with Crippen molar-refractivity contribution < 1.29 is 41.4 Å². The molecule has 0 aliphatic carbocycles. The van der Waals surface area contributed by atoms with Crippen LogP contribution in [0.15, 0.2) is 59.0 Å². The van der Waals surface area contributed by atoms with E-state index in [0.29, 0.717) is 17.2 Å². The fourth-order valence-electron chi connectivity index (χ4n) is 2.87. The fourth-order valence-corrected chi connectivity index (χ4v) is 2.87. The highest BCUT2D eigenvalue weighted by Gasteiger charge is 2.31. The molecule has 33 heavy (non-hydrogen) atoms. The Morgan fingerprint density at radius 1 is 1.00 bits per heavy atom. The normalized spacial score (nSPS) is 12.1. The van der Waals surface area contributed by atoms with E-state index in [0.717, 1.165) is 12.1 Å². The summed E-state index contributed by atoms with van der Waals surface area (Å²) in [6.45, 7) is 1.36. The predicted octanol–water partition coefficient (Wildman–Crippen LogP) is 5.17. The molecule has 0 aliphatic rings. The molecule has 2 aromatic carbocycles. The lowest BCUT2D eigenvalue weighted by Crippen LogP contribution is -2.30. The van der Waals surface area contributed by atoms with Crippen LogP contribution >= 0.6 is 0 Å². The molecular weight excluding hydrogens is 443 g/mol. The lowest BCUT2D eigenvalue weighted by atomic mass is 10.1. The van der Waals surface area contributed by atoms with Crippen molar-refractivity contribution in [2.24, 2.45) is 0 Å². The summed E-state index contributed by atoms with van der Waals surface area (Å²) < 4.78 is 59.6. The summed E-state index contributed by atoms with van der Waals surface area (Å²) in [5.74, 6) is -0.951. The third kappa shape index (κ3) is 5.65. The Kier molecular flexibility index (Phi) is 6.95. The smallest absolute Gasteiger partial charge is 0.416 e. The molecule has 0 fully saturated rings. The highest BCUT2D eigenvalue weighted by molar-refractivity contribution is 5.97. The van der Waals surface area contributed by atoms with Gasteiger partial charge in [-0.05, 0) is 43.3 Å². The largest absolute Gasteiger partial charge is 0.497 e. The summed E-state index contributed by atoms with van der Waals surface area (Å²) in [6, 6.07) is 11.9. The Bertz CT molecular complexity index is 1160. The minimum atomic E-state index is -4.52. The molecule has 0 saturated carbocycles. The van der Waals surface area contributed by atoms with Crippen molar-refractivity contribution in [1.29, 1.82) is 0 Å². The van der Waals surface area contributed by atoms with Gasteiger partial charge in [-0.2, -0.15) is 13.2 Å². The van der Waals surface area contributed by atoms with Gasteiger partial charge in [-0.25, -0.2) is 4.79 Å². The number of benzene rings is 2. The maximum Gasteiger partial charge on any atom is 0.416 e. The number of anilines is 1. The number of furan rings is 1. The van der Waals surface area contributed by atoms with Gasteiger partial charge in [0.15, 0.2) is 6.10 Å². The Morgan fingerprint density at radius 2 is 1.76 bits per heavy atom. The van der Waals surface area contributed by atoms with Gasteiger partial charge in [0.2, 0.25) is 5.76 Å². The van der Waals surface area contributed by atoms with Crippen LogP contribution in [0.2, 0.25) is 0 Å². The molecule has 0 spiro atoms. The van der Waals surface area contributed by atoms with Crippen molar-refractivity contribution in [2.45, 2.75) is 19.2 Å². The molecular formula is C23H20F3NO6. The molecule has 1 heterocycles. The Labute approximate surface area is 187 Å². The molecule has 10 heteroatoms. The molecule has 1 unspecified atom stereocenters. The van der Waals surface area contributed by atoms with E-state index in [1.54, 1.807) is 18.2 Å². The lowest BCUT2D eigenvalue weighted by Gasteiger charge is -2.15. The summed E-state index contributed by atoms with van der Waals surface area (Å²) in [5.41, 5.74) is -0.395. The summed E-state index contributed by atoms with van der Waals surface area (Å²) in [5, 5.41) is 2.59. The number of carbonyl (C=O) groups is 2. The van der Waals surface area contributed by atoms with Crippen LogP contribution in [0.1, 0.15) is 23.0 Å². The quantitative estimate of drug-likeness (QED) is 0.487. The summed E-state index contributed by atoms with van der Waals surface area (Å²) in [7, 11) is 2.90. The van der Waals surface area contributed by atoms with Gasteiger partial charge in [-0.3, -0.25) is 4.79 Å². The molecule has 1 atom stereocenters. The van der Waals surface area contributed by atoms with Crippen LogP contribution in [0, 0.1) is 0 Å².